The molecule has 16 N–H and O–H groups in total. The maximum atomic E-state index is 14.7. The van der Waals surface area contributed by atoms with Gasteiger partial charge in [0.25, 0.3) is 17.7 Å². The number of nitrogens with two attached hydrogens (primary N) is 5. The van der Waals surface area contributed by atoms with E-state index in [9.17, 15) is 59.1 Å². The largest absolute Gasteiger partial charge is 0.477 e. The number of pyridine rings is 4. The molecule has 0 aliphatic carbocycles. The fourth-order valence-electron chi connectivity index (χ4n) is 12.8. The minimum Gasteiger partial charge on any atom is -0.477 e. The number of nitrogens with one attached hydrogen (secondary N) is 5. The molecule has 0 unspecified atom stereocenters. The predicted molar refractivity (Wildman–Crippen MR) is 511 cm³/mol. The first-order chi connectivity index (χ1) is 60.1. The minimum absolute atomic E-state index is 0.0682. The number of ether oxygens (including phenoxy) is 1. The summed E-state index contributed by atoms with van der Waals surface area (Å²) in [5, 5.41) is 26.3. The number of halogens is 11. The van der Waals surface area contributed by atoms with E-state index in [1.807, 2.05) is 115 Å². The number of fused-ring (bicyclic) bond motifs is 4. The topological polar surface area (TPSA) is 363 Å². The highest BCUT2D eigenvalue weighted by Gasteiger charge is 2.29. The van der Waals surface area contributed by atoms with Crippen LogP contribution in [0.25, 0.3) is 40.9 Å². The van der Waals surface area contributed by atoms with E-state index in [1.165, 1.54) is 65.4 Å². The fourth-order valence-corrected chi connectivity index (χ4v) is 18.0. The molecular formula is C89H103Br2F8IN16O7S4. The van der Waals surface area contributed by atoms with Gasteiger partial charge in [0.05, 0.1) is 41.0 Å². The monoisotopic (exact) mass is 2070 g/mol. The summed E-state index contributed by atoms with van der Waals surface area (Å²) < 4.78 is 115. The number of hydrogen-bond acceptors (Lipinski definition) is 22. The van der Waals surface area contributed by atoms with Crippen LogP contribution in [-0.4, -0.2) is 143 Å². The molecule has 4 aromatic carbocycles. The number of nitrogen functional groups attached to an aromatic ring is 4. The molecule has 2 fully saturated rings. The standard InChI is InChI=1S/C22H25F2N5OS.C17H14BrF2N3OS.C17H14F2IN3OS.C11H21NO2.C9H8N2O2S.C8H8BrF2N.C5H13N/c1-12-3-4-15-19(25)20(31-22(15)28-12)21(30)27-6-5-14-9-17(24)18(10-16(14)23)29-8-7-26-13(2)11-29;1-8-2-3-10-14(21)15(25-17(10)23-8)16(24)22-5-4-9-6-13(20)11(18)7-12(9)19;1-8-2-3-10-14(21)15(25-17(10)23-8)16(24)22-5-4-9-6-12(19)13(20)7-11(9)18;1-9-7-5-6-8-12(9)10(13)14-11(2,3)4;1-4-2-3-5-6(10)7(9(12)13)14-8(5)11-4;9-6-4-7(10)5(1-2-12)3-8(6)11;1-3-4-5-6-2/h3-4,9-10,13,26H,5-8,11,25H2,1-2H3,(H,27,30);2*2-3,6-7H,4-5,21H2,1H3,(H,22,24);9H,5-8H2,1-4H3;2-3H,10H2,1H3,(H,12,13);3-4H,1-2,12H2;6H,3-5H2,1-2H3/t13-;;;9-;;;/m1..1.../s1. The number of piperazine rings is 1. The number of piperidine rings is 1. The lowest BCUT2D eigenvalue weighted by Gasteiger charge is -2.34. The Labute approximate surface area is 778 Å². The van der Waals surface area contributed by atoms with Crippen molar-refractivity contribution in [1.82, 2.24) is 51.4 Å². The van der Waals surface area contributed by atoms with E-state index in [2.05, 4.69) is 92.2 Å². The van der Waals surface area contributed by atoms with Gasteiger partial charge in [0, 0.05) is 108 Å². The van der Waals surface area contributed by atoms with Crippen LogP contribution in [0.4, 0.5) is 68.4 Å². The van der Waals surface area contributed by atoms with Crippen molar-refractivity contribution in [3.8, 4) is 0 Å². The third kappa shape index (κ3) is 29.2. The van der Waals surface area contributed by atoms with Gasteiger partial charge in [0.1, 0.15) is 91.0 Å². The normalized spacial score (nSPS) is 13.6. The first-order valence-electron chi connectivity index (χ1n) is 40.5. The molecule has 2 atom stereocenters. The third-order valence-electron chi connectivity index (χ3n) is 19.5. The second kappa shape index (κ2) is 48.2. The van der Waals surface area contributed by atoms with E-state index in [0.29, 0.717) is 94.4 Å². The number of nitrogens with zero attached hydrogens (tertiary/aromatic N) is 6. The van der Waals surface area contributed by atoms with Crippen molar-refractivity contribution < 1.29 is 68.9 Å². The summed E-state index contributed by atoms with van der Waals surface area (Å²) in [6.07, 6.45) is 6.74. The average molecular weight is 2080 g/mol. The van der Waals surface area contributed by atoms with Crippen molar-refractivity contribution in [2.75, 3.05) is 93.8 Å². The number of benzene rings is 4. The number of carbonyl (C=O) groups excluding carboxylic acids is 4. The highest BCUT2D eigenvalue weighted by molar-refractivity contribution is 14.1. The van der Waals surface area contributed by atoms with E-state index < -0.39 is 52.5 Å². The van der Waals surface area contributed by atoms with Crippen molar-refractivity contribution in [1.29, 1.82) is 0 Å². The van der Waals surface area contributed by atoms with Crippen molar-refractivity contribution in [3.63, 3.8) is 0 Å². The van der Waals surface area contributed by atoms with Gasteiger partial charge in [-0.25, -0.2) is 64.6 Å². The Bertz CT molecular complexity index is 5720. The number of carboxylic acids is 1. The van der Waals surface area contributed by atoms with Crippen molar-refractivity contribution in [2.45, 2.75) is 145 Å². The first-order valence-corrected chi connectivity index (χ1v) is 46.5. The van der Waals surface area contributed by atoms with Gasteiger partial charge in [0.15, 0.2) is 0 Å². The van der Waals surface area contributed by atoms with Crippen LogP contribution in [0.5, 0.6) is 0 Å². The van der Waals surface area contributed by atoms with E-state index in [1.54, 1.807) is 28.7 Å². The zero-order chi connectivity index (χ0) is 93.4. The molecule has 4 amide bonds. The summed E-state index contributed by atoms with van der Waals surface area (Å²) in [5.41, 5.74) is 34.8. The number of aromatic carboxylic acids is 1. The Balaban J connectivity index is 0.000000191. The van der Waals surface area contributed by atoms with Gasteiger partial charge in [-0.3, -0.25) is 14.4 Å². The quantitative estimate of drug-likeness (QED) is 0.0155. The van der Waals surface area contributed by atoms with Crippen LogP contribution in [0.3, 0.4) is 0 Å². The Morgan fingerprint density at radius 3 is 1.28 bits per heavy atom. The van der Waals surface area contributed by atoms with E-state index in [-0.39, 0.29) is 114 Å². The molecule has 2 saturated heterocycles. The van der Waals surface area contributed by atoms with Crippen LogP contribution >= 0.6 is 99.8 Å². The number of rotatable bonds is 19. The van der Waals surface area contributed by atoms with Crippen molar-refractivity contribution >= 4 is 199 Å². The maximum Gasteiger partial charge on any atom is 0.410 e. The molecule has 127 heavy (non-hydrogen) atoms. The second-order valence-corrected chi connectivity index (χ2v) is 37.6. The Hall–Kier alpha value is -9.52. The van der Waals surface area contributed by atoms with Crippen LogP contribution in [0.2, 0.25) is 0 Å². The second-order valence-electron chi connectivity index (χ2n) is 30.7. The third-order valence-corrected chi connectivity index (χ3v) is 26.0. The van der Waals surface area contributed by atoms with E-state index in [0.717, 1.165) is 125 Å². The number of amides is 4. The summed E-state index contributed by atoms with van der Waals surface area (Å²) >= 11 is 12.3. The molecule has 8 aromatic heterocycles. The number of aryl methyl sites for hydroxylation is 4. The van der Waals surface area contributed by atoms with Gasteiger partial charge in [-0.1, -0.05) is 13.3 Å². The molecule has 2 aliphatic heterocycles. The number of unbranched alkanes of at least 4 members (excludes halogenated alkanes) is 1. The van der Waals surface area contributed by atoms with Gasteiger partial charge < -0.3 is 74.9 Å². The zero-order valence-electron chi connectivity index (χ0n) is 71.9. The van der Waals surface area contributed by atoms with Crippen LogP contribution in [-0.2, 0) is 30.4 Å². The molecule has 10 heterocycles. The summed E-state index contributed by atoms with van der Waals surface area (Å²) in [6.45, 7) is 24.3. The van der Waals surface area contributed by atoms with E-state index in [4.69, 9.17) is 38.5 Å². The first kappa shape index (κ1) is 103. The van der Waals surface area contributed by atoms with Gasteiger partial charge in [0.2, 0.25) is 0 Å². The van der Waals surface area contributed by atoms with Crippen LogP contribution in [0, 0.1) is 77.8 Å². The highest BCUT2D eigenvalue weighted by Crippen LogP contribution is 2.37. The molecule has 12 aromatic rings. The number of carboxylic acid groups (broad SMARTS) is 1. The zero-order valence-corrected chi connectivity index (χ0v) is 80.5. The van der Waals surface area contributed by atoms with Gasteiger partial charge in [-0.2, -0.15) is 0 Å². The lowest BCUT2D eigenvalue weighted by atomic mass is 10.0. The van der Waals surface area contributed by atoms with Crippen molar-refractivity contribution in [3.05, 3.63) is 221 Å². The molecule has 0 spiro atoms. The lowest BCUT2D eigenvalue weighted by molar-refractivity contribution is 0.0120. The van der Waals surface area contributed by atoms with Crippen LogP contribution < -0.4 is 60.2 Å². The smallest absolute Gasteiger partial charge is 0.410 e. The summed E-state index contributed by atoms with van der Waals surface area (Å²) in [7, 11) is 1.98. The number of aromatic nitrogens is 4. The molecule has 2 aliphatic rings. The molecule has 0 radical (unpaired) electrons. The molecule has 14 rings (SSSR count). The number of hydrogen-bond donors (Lipinski definition) is 11. The fraction of sp³-hybridized carbons (Fsp3) is 0.360. The van der Waals surface area contributed by atoms with Crippen molar-refractivity contribution in [2.24, 2.45) is 5.73 Å². The van der Waals surface area contributed by atoms with Gasteiger partial charge >= 0.3 is 12.1 Å². The van der Waals surface area contributed by atoms with Gasteiger partial charge in [-0.15, -0.1) is 45.3 Å². The van der Waals surface area contributed by atoms with Gasteiger partial charge in [-0.05, 0) is 302 Å². The Morgan fingerprint density at radius 1 is 0.535 bits per heavy atom. The van der Waals surface area contributed by atoms with Crippen LogP contribution in [0.1, 0.15) is 157 Å². The average Bonchev–Trinajstić information content (AvgIpc) is 1.73. The molecular weight excluding hydrogens is 1970 g/mol. The lowest BCUT2D eigenvalue weighted by Crippen LogP contribution is -2.49. The summed E-state index contributed by atoms with van der Waals surface area (Å²) in [6, 6.07) is 24.4. The number of anilines is 5. The molecule has 23 nitrogen and oxygen atoms in total. The SMILES string of the molecule is CCCCNC.C[C@@H]1CCCCN1C(=O)OC(C)(C)C.Cc1ccc2c(N)c(C(=O)NCCc3cc(F)c(Br)cc3F)sc2n1.Cc1ccc2c(N)c(C(=O)NCCc3cc(F)c(I)cc3F)sc2n1.Cc1ccc2c(N)c(C(=O)NCCc3cc(F)c(N4CCN[C@H](C)C4)cc3F)sc2n1.Cc1ccc2c(N)c(C(=O)O)sc2n1.NCCc1cc(F)c(Br)cc1F. The predicted octanol–water partition coefficient (Wildman–Crippen LogP) is 19.4. The number of carbonyl (C=O) groups is 5. The highest BCUT2D eigenvalue weighted by atomic mass is 127. The minimum atomic E-state index is -0.997. The number of thiophene rings is 4. The molecule has 0 bridgehead atoms. The van der Waals surface area contributed by atoms with E-state index >= 15 is 0 Å². The molecule has 38 heteroatoms. The Morgan fingerprint density at radius 2 is 0.913 bits per heavy atom. The maximum absolute atomic E-state index is 14.7. The molecule has 0 saturated carbocycles. The molecule has 682 valence electrons. The summed E-state index contributed by atoms with van der Waals surface area (Å²) in [4.78, 5) is 84.8. The number of likely N-dealkylation sites (tertiary alicyclic amines) is 1. The Kier molecular flexibility index (Phi) is 39.1. The summed E-state index contributed by atoms with van der Waals surface area (Å²) in [5.74, 6) is -5.87. The van der Waals surface area contributed by atoms with Crippen LogP contribution in [0.15, 0.2) is 106 Å².